The van der Waals surface area contributed by atoms with E-state index in [-0.39, 0.29) is 5.91 Å². The van der Waals surface area contributed by atoms with Gasteiger partial charge in [-0.2, -0.15) is 0 Å². The van der Waals surface area contributed by atoms with E-state index >= 15 is 0 Å². The first kappa shape index (κ1) is 16.4. The van der Waals surface area contributed by atoms with Gasteiger partial charge in [0.15, 0.2) is 0 Å². The molecule has 0 saturated carbocycles. The molecule has 122 valence electrons. The Bertz CT molecular complexity index is 784. The molecular formula is C20H19NO2S. The molecule has 0 aliphatic carbocycles. The first-order chi connectivity index (χ1) is 11.8. The fourth-order valence-corrected chi connectivity index (χ4v) is 3.18. The summed E-state index contributed by atoms with van der Waals surface area (Å²) < 4.78 is 5.45. The molecule has 24 heavy (non-hydrogen) atoms. The average molecular weight is 337 g/mol. The molecule has 0 N–H and O–H groups in total. The van der Waals surface area contributed by atoms with Crippen LogP contribution in [0, 0.1) is 0 Å². The maximum absolute atomic E-state index is 13.1. The Morgan fingerprint density at radius 3 is 2.42 bits per heavy atom. The molecule has 2 aromatic carbocycles. The van der Waals surface area contributed by atoms with Crippen LogP contribution in [0.4, 0.5) is 0 Å². The third-order valence-electron chi connectivity index (χ3n) is 3.77. The maximum Gasteiger partial charge on any atom is 0.255 e. The number of carbonyl (C=O) groups is 1. The molecule has 0 spiro atoms. The predicted octanol–water partition coefficient (Wildman–Crippen LogP) is 4.84. The number of benzene rings is 2. The van der Waals surface area contributed by atoms with Gasteiger partial charge in [-0.25, -0.2) is 0 Å². The van der Waals surface area contributed by atoms with Crippen LogP contribution >= 0.6 is 11.8 Å². The summed E-state index contributed by atoms with van der Waals surface area (Å²) in [7, 11) is 0. The number of rotatable bonds is 6. The summed E-state index contributed by atoms with van der Waals surface area (Å²) >= 11 is 1.58. The van der Waals surface area contributed by atoms with E-state index in [1.807, 2.05) is 77.9 Å². The zero-order chi connectivity index (χ0) is 16.8. The van der Waals surface area contributed by atoms with E-state index in [4.69, 9.17) is 4.42 Å². The molecule has 1 aromatic heterocycles. The Morgan fingerprint density at radius 1 is 0.958 bits per heavy atom. The fourth-order valence-electron chi connectivity index (χ4n) is 2.59. The molecule has 1 heterocycles. The van der Waals surface area contributed by atoms with Gasteiger partial charge < -0.3 is 9.32 Å². The van der Waals surface area contributed by atoms with Gasteiger partial charge in [0.05, 0.1) is 18.4 Å². The van der Waals surface area contributed by atoms with Gasteiger partial charge in [-0.15, -0.1) is 11.8 Å². The van der Waals surface area contributed by atoms with Crippen LogP contribution in [0.1, 0.15) is 21.7 Å². The van der Waals surface area contributed by atoms with Crippen molar-refractivity contribution in [2.24, 2.45) is 0 Å². The van der Waals surface area contributed by atoms with Gasteiger partial charge in [-0.1, -0.05) is 42.5 Å². The topological polar surface area (TPSA) is 33.5 Å². The molecule has 3 rings (SSSR count). The lowest BCUT2D eigenvalue weighted by Gasteiger charge is -2.23. The van der Waals surface area contributed by atoms with Gasteiger partial charge in [0, 0.05) is 11.4 Å². The maximum atomic E-state index is 13.1. The number of nitrogens with zero attached hydrogens (tertiary/aromatic N) is 1. The summed E-state index contributed by atoms with van der Waals surface area (Å²) in [6.07, 6.45) is 3.62. The normalized spacial score (nSPS) is 10.5. The minimum absolute atomic E-state index is 0.0141. The summed E-state index contributed by atoms with van der Waals surface area (Å²) in [6.45, 7) is 0.993. The van der Waals surface area contributed by atoms with Crippen LogP contribution in [0.3, 0.4) is 0 Å². The molecule has 0 aliphatic heterocycles. The van der Waals surface area contributed by atoms with Gasteiger partial charge in [-0.3, -0.25) is 4.79 Å². The van der Waals surface area contributed by atoms with Crippen molar-refractivity contribution in [1.82, 2.24) is 4.90 Å². The van der Waals surface area contributed by atoms with E-state index in [2.05, 4.69) is 0 Å². The molecule has 0 bridgehead atoms. The molecule has 3 aromatic rings. The monoisotopic (exact) mass is 337 g/mol. The lowest BCUT2D eigenvalue weighted by molar-refractivity contribution is 0.0714. The highest BCUT2D eigenvalue weighted by atomic mass is 32.2. The smallest absolute Gasteiger partial charge is 0.255 e. The Hall–Kier alpha value is -2.46. The highest BCUT2D eigenvalue weighted by Gasteiger charge is 2.20. The van der Waals surface area contributed by atoms with Crippen molar-refractivity contribution in [1.29, 1.82) is 0 Å². The molecule has 1 amide bonds. The quantitative estimate of drug-likeness (QED) is 0.603. The van der Waals surface area contributed by atoms with Crippen LogP contribution in [-0.4, -0.2) is 17.1 Å². The number of hydrogen-bond acceptors (Lipinski definition) is 3. The van der Waals surface area contributed by atoms with Crippen molar-refractivity contribution < 1.29 is 9.21 Å². The standard InChI is InChI=1S/C20H19NO2S/c1-24-19-12-6-5-11-18(19)20(22)21(15-17-10-7-13-23-17)14-16-8-3-2-4-9-16/h2-13H,14-15H2,1H3. The summed E-state index contributed by atoms with van der Waals surface area (Å²) in [5.41, 5.74) is 1.83. The molecule has 0 saturated heterocycles. The third-order valence-corrected chi connectivity index (χ3v) is 4.56. The summed E-state index contributed by atoms with van der Waals surface area (Å²) in [5, 5.41) is 0. The molecule has 0 aliphatic rings. The second kappa shape index (κ2) is 7.88. The van der Waals surface area contributed by atoms with Gasteiger partial charge >= 0.3 is 0 Å². The van der Waals surface area contributed by atoms with E-state index in [9.17, 15) is 4.79 Å². The number of amides is 1. The van der Waals surface area contributed by atoms with Gasteiger partial charge in [0.25, 0.3) is 5.91 Å². The van der Waals surface area contributed by atoms with Gasteiger partial charge in [-0.05, 0) is 36.1 Å². The van der Waals surface area contributed by atoms with E-state index in [0.717, 1.165) is 21.8 Å². The summed E-state index contributed by atoms with van der Waals surface area (Å²) in [4.78, 5) is 15.9. The minimum atomic E-state index is 0.0141. The zero-order valence-electron chi connectivity index (χ0n) is 13.5. The third kappa shape index (κ3) is 3.89. The van der Waals surface area contributed by atoms with Crippen LogP contribution in [-0.2, 0) is 13.1 Å². The fraction of sp³-hybridized carbons (Fsp3) is 0.150. The SMILES string of the molecule is CSc1ccccc1C(=O)N(Cc1ccccc1)Cc1ccco1. The molecule has 3 nitrogen and oxygen atoms in total. The van der Waals surface area contributed by atoms with Gasteiger partial charge in [0.1, 0.15) is 5.76 Å². The van der Waals surface area contributed by atoms with Crippen LogP contribution in [0.2, 0.25) is 0 Å². The lowest BCUT2D eigenvalue weighted by Crippen LogP contribution is -2.30. The van der Waals surface area contributed by atoms with Crippen LogP contribution in [0.25, 0.3) is 0 Å². The average Bonchev–Trinajstić information content (AvgIpc) is 3.14. The summed E-state index contributed by atoms with van der Waals surface area (Å²) in [6, 6.07) is 21.5. The van der Waals surface area contributed by atoms with Crippen molar-refractivity contribution in [3.05, 3.63) is 89.9 Å². The largest absolute Gasteiger partial charge is 0.467 e. The van der Waals surface area contributed by atoms with Crippen LogP contribution in [0.5, 0.6) is 0 Å². The van der Waals surface area contributed by atoms with Crippen molar-refractivity contribution in [2.75, 3.05) is 6.26 Å². The number of hydrogen-bond donors (Lipinski definition) is 0. The molecule has 4 heteroatoms. The Morgan fingerprint density at radius 2 is 1.71 bits per heavy atom. The number of furan rings is 1. The second-order valence-electron chi connectivity index (χ2n) is 5.43. The van der Waals surface area contributed by atoms with Crippen molar-refractivity contribution in [2.45, 2.75) is 18.0 Å². The summed E-state index contributed by atoms with van der Waals surface area (Å²) in [5.74, 6) is 0.793. The first-order valence-corrected chi connectivity index (χ1v) is 8.99. The highest BCUT2D eigenvalue weighted by Crippen LogP contribution is 2.23. The van der Waals surface area contributed by atoms with E-state index in [1.54, 1.807) is 18.0 Å². The number of thioether (sulfide) groups is 1. The highest BCUT2D eigenvalue weighted by molar-refractivity contribution is 7.98. The molecular weight excluding hydrogens is 318 g/mol. The molecule has 0 unspecified atom stereocenters. The number of carbonyl (C=O) groups excluding carboxylic acids is 1. The molecule has 0 atom stereocenters. The predicted molar refractivity (Wildman–Crippen MR) is 97.0 cm³/mol. The van der Waals surface area contributed by atoms with Crippen LogP contribution in [0.15, 0.2) is 82.3 Å². The zero-order valence-corrected chi connectivity index (χ0v) is 14.3. The Balaban J connectivity index is 1.89. The van der Waals surface area contributed by atoms with E-state index in [0.29, 0.717) is 13.1 Å². The van der Waals surface area contributed by atoms with E-state index < -0.39 is 0 Å². The lowest BCUT2D eigenvalue weighted by atomic mass is 10.1. The van der Waals surface area contributed by atoms with Crippen molar-refractivity contribution >= 4 is 17.7 Å². The molecule has 0 radical (unpaired) electrons. The van der Waals surface area contributed by atoms with E-state index in [1.165, 1.54) is 0 Å². The molecule has 0 fully saturated rings. The second-order valence-corrected chi connectivity index (χ2v) is 6.27. The first-order valence-electron chi connectivity index (χ1n) is 7.76. The van der Waals surface area contributed by atoms with Crippen LogP contribution < -0.4 is 0 Å². The Labute approximate surface area is 146 Å². The van der Waals surface area contributed by atoms with Crippen molar-refractivity contribution in [3.63, 3.8) is 0 Å². The van der Waals surface area contributed by atoms with Gasteiger partial charge in [0.2, 0.25) is 0 Å². The minimum Gasteiger partial charge on any atom is -0.467 e. The van der Waals surface area contributed by atoms with Crippen molar-refractivity contribution in [3.8, 4) is 0 Å². The Kier molecular flexibility index (Phi) is 5.39.